The molecule has 1 aliphatic rings. The Morgan fingerprint density at radius 3 is 2.76 bits per heavy atom. The first kappa shape index (κ1) is 23.2. The fraction of sp³-hybridized carbons (Fsp3) is 0.308. The number of hydrogen-bond acceptors (Lipinski definition) is 6. The van der Waals surface area contributed by atoms with Crippen molar-refractivity contribution in [3.05, 3.63) is 83.3 Å². The molecule has 0 spiro atoms. The lowest BCUT2D eigenvalue weighted by Gasteiger charge is -2.17. The zero-order valence-corrected chi connectivity index (χ0v) is 18.9. The van der Waals surface area contributed by atoms with E-state index in [9.17, 15) is 14.7 Å². The summed E-state index contributed by atoms with van der Waals surface area (Å²) in [7, 11) is 0. The number of anilines is 1. The Bertz CT molecular complexity index is 1120. The highest BCUT2D eigenvalue weighted by Crippen LogP contribution is 2.20. The van der Waals surface area contributed by atoms with E-state index in [1.54, 1.807) is 18.3 Å². The van der Waals surface area contributed by atoms with Crippen molar-refractivity contribution < 1.29 is 19.4 Å². The molecule has 0 bridgehead atoms. The number of aryl methyl sites for hydroxylation is 2. The predicted octanol–water partition coefficient (Wildman–Crippen LogP) is 3.27. The molecule has 1 amide bonds. The molecule has 3 heterocycles. The van der Waals surface area contributed by atoms with Crippen molar-refractivity contribution in [2.24, 2.45) is 0 Å². The van der Waals surface area contributed by atoms with Crippen LogP contribution in [-0.4, -0.2) is 46.1 Å². The van der Waals surface area contributed by atoms with Crippen LogP contribution in [0.1, 0.15) is 40.0 Å². The number of rotatable bonds is 10. The van der Waals surface area contributed by atoms with Crippen molar-refractivity contribution in [3.63, 3.8) is 0 Å². The molecule has 34 heavy (non-hydrogen) atoms. The maximum absolute atomic E-state index is 12.3. The second-order valence-electron chi connectivity index (χ2n) is 8.25. The summed E-state index contributed by atoms with van der Waals surface area (Å²) in [5.74, 6) is 0.167. The monoisotopic (exact) mass is 460 g/mol. The lowest BCUT2D eigenvalue weighted by Crippen LogP contribution is -2.42. The Kier molecular flexibility index (Phi) is 7.70. The molecule has 1 aliphatic heterocycles. The van der Waals surface area contributed by atoms with E-state index in [-0.39, 0.29) is 6.42 Å². The van der Waals surface area contributed by atoms with E-state index >= 15 is 0 Å². The number of benzene rings is 1. The van der Waals surface area contributed by atoms with Gasteiger partial charge in [0, 0.05) is 31.1 Å². The first-order chi connectivity index (χ1) is 16.6. The molecule has 1 atom stereocenters. The van der Waals surface area contributed by atoms with Gasteiger partial charge in [-0.15, -0.1) is 0 Å². The number of nitrogens with zero attached hydrogens (tertiary/aromatic N) is 2. The molecular formula is C26H28N4O4. The van der Waals surface area contributed by atoms with Gasteiger partial charge in [-0.05, 0) is 67.1 Å². The van der Waals surface area contributed by atoms with Gasteiger partial charge in [0.2, 0.25) is 0 Å². The van der Waals surface area contributed by atoms with Crippen LogP contribution in [0.5, 0.6) is 5.75 Å². The number of nitrogens with one attached hydrogen (secondary N) is 2. The fourth-order valence-corrected chi connectivity index (χ4v) is 3.85. The molecule has 2 aromatic heterocycles. The van der Waals surface area contributed by atoms with Crippen LogP contribution in [0, 0.1) is 0 Å². The summed E-state index contributed by atoms with van der Waals surface area (Å²) in [6, 6.07) is 13.7. The number of aliphatic carboxylic acids is 1. The molecule has 4 rings (SSSR count). The van der Waals surface area contributed by atoms with Gasteiger partial charge in [-0.25, -0.2) is 9.78 Å². The second-order valence-corrected chi connectivity index (χ2v) is 8.25. The molecule has 0 saturated carbocycles. The Morgan fingerprint density at radius 1 is 1.15 bits per heavy atom. The summed E-state index contributed by atoms with van der Waals surface area (Å²) in [4.78, 5) is 32.5. The lowest BCUT2D eigenvalue weighted by atomic mass is 10.1. The van der Waals surface area contributed by atoms with Gasteiger partial charge < -0.3 is 20.5 Å². The van der Waals surface area contributed by atoms with Gasteiger partial charge in [-0.3, -0.25) is 9.78 Å². The van der Waals surface area contributed by atoms with E-state index in [2.05, 4.69) is 27.8 Å². The summed E-state index contributed by atoms with van der Waals surface area (Å²) in [6.45, 7) is 1.54. The summed E-state index contributed by atoms with van der Waals surface area (Å²) in [5, 5.41) is 15.4. The number of pyridine rings is 2. The standard InChI is InChI=1S/C26H28N4O4/c31-25(20-5-1-13-27-17-20)30-23(26(32)33)16-18-7-11-22(12-8-18)34-15-3-6-21-10-9-19-4-2-14-28-24(19)29-21/h1,5,7-13,17,23H,2-4,6,14-16H2,(H,28,29)(H,30,31)(H,32,33). The number of amides is 1. The number of ether oxygens (including phenoxy) is 1. The Morgan fingerprint density at radius 2 is 2.00 bits per heavy atom. The molecule has 0 fully saturated rings. The van der Waals surface area contributed by atoms with Crippen LogP contribution in [0.3, 0.4) is 0 Å². The van der Waals surface area contributed by atoms with Crippen molar-refractivity contribution in [1.82, 2.24) is 15.3 Å². The van der Waals surface area contributed by atoms with Crippen molar-refractivity contribution in [2.75, 3.05) is 18.5 Å². The molecule has 0 aliphatic carbocycles. The molecule has 8 heteroatoms. The number of aromatic nitrogens is 2. The highest BCUT2D eigenvalue weighted by Gasteiger charge is 2.21. The van der Waals surface area contributed by atoms with Crippen LogP contribution < -0.4 is 15.4 Å². The first-order valence-corrected chi connectivity index (χ1v) is 11.5. The van der Waals surface area contributed by atoms with E-state index in [1.165, 1.54) is 11.8 Å². The molecular weight excluding hydrogens is 432 g/mol. The number of fused-ring (bicyclic) bond motifs is 1. The predicted molar refractivity (Wildman–Crippen MR) is 128 cm³/mol. The topological polar surface area (TPSA) is 113 Å². The maximum atomic E-state index is 12.3. The molecule has 1 unspecified atom stereocenters. The molecule has 176 valence electrons. The third-order valence-electron chi connectivity index (χ3n) is 5.69. The largest absolute Gasteiger partial charge is 0.494 e. The number of carbonyl (C=O) groups excluding carboxylic acids is 1. The smallest absolute Gasteiger partial charge is 0.326 e. The van der Waals surface area contributed by atoms with Gasteiger partial charge >= 0.3 is 5.97 Å². The normalized spacial score (nSPS) is 13.3. The number of carboxylic acids is 1. The highest BCUT2D eigenvalue weighted by molar-refractivity contribution is 5.96. The van der Waals surface area contributed by atoms with Crippen LogP contribution in [0.15, 0.2) is 60.9 Å². The second kappa shape index (κ2) is 11.3. The van der Waals surface area contributed by atoms with Gasteiger partial charge in [0.05, 0.1) is 12.2 Å². The number of hydrogen-bond donors (Lipinski definition) is 3. The summed E-state index contributed by atoms with van der Waals surface area (Å²) in [5.41, 5.74) is 3.45. The van der Waals surface area contributed by atoms with Crippen LogP contribution in [0.4, 0.5) is 5.82 Å². The molecule has 1 aromatic carbocycles. The Labute approximate surface area is 198 Å². The molecule has 3 aromatic rings. The maximum Gasteiger partial charge on any atom is 0.326 e. The summed E-state index contributed by atoms with van der Waals surface area (Å²) in [6.07, 6.45) is 7.03. The number of carboxylic acid groups (broad SMARTS) is 1. The SMILES string of the molecule is O=C(NC(Cc1ccc(OCCCc2ccc3c(n2)NCCC3)cc1)C(=O)O)c1cccnc1. The third-order valence-corrected chi connectivity index (χ3v) is 5.69. The van der Waals surface area contributed by atoms with E-state index in [0.717, 1.165) is 55.1 Å². The first-order valence-electron chi connectivity index (χ1n) is 11.5. The zero-order chi connectivity index (χ0) is 23.8. The third kappa shape index (κ3) is 6.31. The summed E-state index contributed by atoms with van der Waals surface area (Å²) < 4.78 is 5.83. The van der Waals surface area contributed by atoms with Crippen molar-refractivity contribution in [2.45, 2.75) is 38.1 Å². The van der Waals surface area contributed by atoms with Crippen LogP contribution >= 0.6 is 0 Å². The Hall–Kier alpha value is -3.94. The van der Waals surface area contributed by atoms with Crippen molar-refractivity contribution in [1.29, 1.82) is 0 Å². The minimum atomic E-state index is -1.09. The number of carbonyl (C=O) groups is 2. The Balaban J connectivity index is 1.24. The van der Waals surface area contributed by atoms with Crippen molar-refractivity contribution in [3.8, 4) is 5.75 Å². The molecule has 8 nitrogen and oxygen atoms in total. The minimum Gasteiger partial charge on any atom is -0.494 e. The van der Waals surface area contributed by atoms with Gasteiger partial charge in [0.25, 0.3) is 5.91 Å². The zero-order valence-electron chi connectivity index (χ0n) is 18.9. The van der Waals surface area contributed by atoms with E-state index in [0.29, 0.717) is 12.2 Å². The quantitative estimate of drug-likeness (QED) is 0.398. The van der Waals surface area contributed by atoms with Gasteiger partial charge in [-0.1, -0.05) is 18.2 Å². The van der Waals surface area contributed by atoms with Crippen LogP contribution in [-0.2, 0) is 24.1 Å². The average Bonchev–Trinajstić information content (AvgIpc) is 2.87. The van der Waals surface area contributed by atoms with Crippen LogP contribution in [0.2, 0.25) is 0 Å². The van der Waals surface area contributed by atoms with Gasteiger partial charge in [0.15, 0.2) is 0 Å². The highest BCUT2D eigenvalue weighted by atomic mass is 16.5. The van der Waals surface area contributed by atoms with E-state index in [1.807, 2.05) is 24.3 Å². The average molecular weight is 461 g/mol. The van der Waals surface area contributed by atoms with Crippen molar-refractivity contribution >= 4 is 17.7 Å². The summed E-state index contributed by atoms with van der Waals surface area (Å²) >= 11 is 0. The van der Waals surface area contributed by atoms with E-state index in [4.69, 9.17) is 9.72 Å². The molecule has 0 radical (unpaired) electrons. The molecule has 0 saturated heterocycles. The molecule has 3 N–H and O–H groups in total. The fourth-order valence-electron chi connectivity index (χ4n) is 3.85. The minimum absolute atomic E-state index is 0.166. The lowest BCUT2D eigenvalue weighted by molar-refractivity contribution is -0.139. The van der Waals surface area contributed by atoms with Crippen LogP contribution in [0.25, 0.3) is 0 Å². The van der Waals surface area contributed by atoms with Gasteiger partial charge in [-0.2, -0.15) is 0 Å². The van der Waals surface area contributed by atoms with E-state index < -0.39 is 17.9 Å². The van der Waals surface area contributed by atoms with Gasteiger partial charge in [0.1, 0.15) is 17.6 Å².